The van der Waals surface area contributed by atoms with E-state index < -0.39 is 0 Å². The summed E-state index contributed by atoms with van der Waals surface area (Å²) >= 11 is 0. The van der Waals surface area contributed by atoms with Gasteiger partial charge >= 0.3 is 0 Å². The molecule has 3 aromatic rings. The van der Waals surface area contributed by atoms with Crippen LogP contribution in [-0.4, -0.2) is 34.7 Å². The third-order valence-electron chi connectivity index (χ3n) is 3.91. The Hall–Kier alpha value is -2.79. The third-order valence-corrected chi connectivity index (χ3v) is 3.91. The van der Waals surface area contributed by atoms with Crippen molar-refractivity contribution >= 4 is 11.6 Å². The van der Waals surface area contributed by atoms with E-state index in [1.54, 1.807) is 12.4 Å². The predicted octanol–water partition coefficient (Wildman–Crippen LogP) is 4.02. The lowest BCUT2D eigenvalue weighted by atomic mass is 10.2. The largest absolute Gasteiger partial charge is 0.380 e. The van der Waals surface area contributed by atoms with Gasteiger partial charge in [0.1, 0.15) is 0 Å². The first-order valence-electron chi connectivity index (χ1n) is 8.44. The number of nitrogens with zero attached hydrogens (tertiary/aromatic N) is 4. The van der Waals surface area contributed by atoms with Gasteiger partial charge in [-0.15, -0.1) is 0 Å². The molecule has 0 saturated carbocycles. The summed E-state index contributed by atoms with van der Waals surface area (Å²) in [6.45, 7) is 6.09. The fourth-order valence-corrected chi connectivity index (χ4v) is 2.65. The average Bonchev–Trinajstić information content (AvgIpc) is 2.67. The number of benzene rings is 1. The summed E-state index contributed by atoms with van der Waals surface area (Å²) in [5.41, 5.74) is 4.09. The number of anilines is 2. The minimum Gasteiger partial charge on any atom is -0.380 e. The molecule has 128 valence electrons. The molecule has 0 saturated heterocycles. The maximum atomic E-state index is 5.55. The lowest BCUT2D eigenvalue weighted by molar-refractivity contribution is 0.155. The van der Waals surface area contributed by atoms with Crippen molar-refractivity contribution in [2.75, 3.05) is 24.7 Å². The summed E-state index contributed by atoms with van der Waals surface area (Å²) in [4.78, 5) is 15.5. The summed E-state index contributed by atoms with van der Waals surface area (Å²) in [7, 11) is 0. The van der Waals surface area contributed by atoms with E-state index in [0.29, 0.717) is 25.7 Å². The Kier molecular flexibility index (Phi) is 5.69. The van der Waals surface area contributed by atoms with Crippen molar-refractivity contribution in [3.8, 4) is 11.3 Å². The molecule has 2 aromatic heterocycles. The molecule has 0 atom stereocenters. The van der Waals surface area contributed by atoms with Crippen molar-refractivity contribution in [3.05, 3.63) is 66.6 Å². The first kappa shape index (κ1) is 17.0. The maximum absolute atomic E-state index is 5.55. The van der Waals surface area contributed by atoms with Gasteiger partial charge in [0.2, 0.25) is 5.95 Å². The fourth-order valence-electron chi connectivity index (χ4n) is 2.65. The highest BCUT2D eigenvalue weighted by atomic mass is 16.5. The van der Waals surface area contributed by atoms with Gasteiger partial charge in [-0.3, -0.25) is 4.98 Å². The first-order valence-corrected chi connectivity index (χ1v) is 8.44. The van der Waals surface area contributed by atoms with E-state index in [4.69, 9.17) is 9.72 Å². The van der Waals surface area contributed by atoms with Crippen molar-refractivity contribution < 1.29 is 4.74 Å². The molecule has 0 radical (unpaired) electrons. The Labute approximate surface area is 148 Å². The van der Waals surface area contributed by atoms with E-state index in [-0.39, 0.29) is 0 Å². The van der Waals surface area contributed by atoms with Crippen LogP contribution in [0.4, 0.5) is 11.6 Å². The van der Waals surface area contributed by atoms with Crippen molar-refractivity contribution in [2.45, 2.75) is 13.8 Å². The van der Waals surface area contributed by atoms with Crippen LogP contribution in [0.25, 0.3) is 11.3 Å². The van der Waals surface area contributed by atoms with E-state index in [9.17, 15) is 0 Å². The molecule has 0 aliphatic rings. The first-order chi connectivity index (χ1) is 12.3. The molecule has 0 N–H and O–H groups in total. The Morgan fingerprint density at radius 1 is 1.04 bits per heavy atom. The summed E-state index contributed by atoms with van der Waals surface area (Å²) in [5, 5.41) is 0. The second-order valence-corrected chi connectivity index (χ2v) is 5.62. The van der Waals surface area contributed by atoms with Crippen LogP contribution in [0, 0.1) is 6.92 Å². The summed E-state index contributed by atoms with van der Waals surface area (Å²) in [5.74, 6) is 0.662. The molecule has 0 aliphatic heterocycles. The number of hydrogen-bond acceptors (Lipinski definition) is 5. The quantitative estimate of drug-likeness (QED) is 0.611. The highest BCUT2D eigenvalue weighted by Gasteiger charge is 2.15. The smallest absolute Gasteiger partial charge is 0.230 e. The molecule has 5 heteroatoms. The van der Waals surface area contributed by atoms with Crippen LogP contribution in [0.5, 0.6) is 0 Å². The minimum atomic E-state index is 0.616. The molecule has 25 heavy (non-hydrogen) atoms. The second kappa shape index (κ2) is 8.35. The molecular formula is C20H22N4O. The van der Waals surface area contributed by atoms with Gasteiger partial charge in [0, 0.05) is 43.0 Å². The van der Waals surface area contributed by atoms with Crippen LogP contribution in [0.2, 0.25) is 0 Å². The van der Waals surface area contributed by atoms with Gasteiger partial charge in [-0.25, -0.2) is 9.97 Å². The van der Waals surface area contributed by atoms with E-state index in [1.807, 2.05) is 43.5 Å². The van der Waals surface area contributed by atoms with Crippen LogP contribution in [0.15, 0.2) is 61.1 Å². The summed E-state index contributed by atoms with van der Waals surface area (Å²) < 4.78 is 5.55. The number of para-hydroxylation sites is 1. The lowest BCUT2D eigenvalue weighted by Gasteiger charge is -2.24. The van der Waals surface area contributed by atoms with Gasteiger partial charge in [0.05, 0.1) is 12.3 Å². The molecule has 3 rings (SSSR count). The van der Waals surface area contributed by atoms with E-state index >= 15 is 0 Å². The molecule has 0 spiro atoms. The number of ether oxygens (including phenoxy) is 1. The van der Waals surface area contributed by atoms with Gasteiger partial charge in [-0.05, 0) is 43.7 Å². The van der Waals surface area contributed by atoms with E-state index in [2.05, 4.69) is 33.9 Å². The second-order valence-electron chi connectivity index (χ2n) is 5.62. The molecule has 2 heterocycles. The van der Waals surface area contributed by atoms with Crippen LogP contribution < -0.4 is 4.90 Å². The number of hydrogen-bond donors (Lipinski definition) is 0. The minimum absolute atomic E-state index is 0.616. The fraction of sp³-hybridized carbons (Fsp3) is 0.250. The lowest BCUT2D eigenvalue weighted by Crippen LogP contribution is -2.25. The van der Waals surface area contributed by atoms with Gasteiger partial charge in [-0.1, -0.05) is 18.2 Å². The molecular weight excluding hydrogens is 312 g/mol. The molecule has 1 aromatic carbocycles. The molecule has 0 bridgehead atoms. The Morgan fingerprint density at radius 3 is 2.68 bits per heavy atom. The standard InChI is InChI=1S/C20H22N4O/c1-3-25-14-13-24(19-9-5-4-7-16(19)2)20-22-12-10-18(23-20)17-8-6-11-21-15-17/h4-12,15H,3,13-14H2,1-2H3. The Morgan fingerprint density at radius 2 is 1.92 bits per heavy atom. The zero-order chi connectivity index (χ0) is 17.5. The van der Waals surface area contributed by atoms with E-state index in [0.717, 1.165) is 16.9 Å². The van der Waals surface area contributed by atoms with Crippen molar-refractivity contribution in [1.82, 2.24) is 15.0 Å². The number of pyridine rings is 1. The molecule has 5 nitrogen and oxygen atoms in total. The number of aryl methyl sites for hydroxylation is 1. The Bertz CT molecular complexity index is 808. The topological polar surface area (TPSA) is 51.1 Å². The van der Waals surface area contributed by atoms with Crippen molar-refractivity contribution in [3.63, 3.8) is 0 Å². The summed E-state index contributed by atoms with van der Waals surface area (Å²) in [6.07, 6.45) is 5.36. The zero-order valence-electron chi connectivity index (χ0n) is 14.6. The molecule has 0 aliphatic carbocycles. The van der Waals surface area contributed by atoms with Gasteiger partial charge in [-0.2, -0.15) is 0 Å². The van der Waals surface area contributed by atoms with Crippen molar-refractivity contribution in [1.29, 1.82) is 0 Å². The van der Waals surface area contributed by atoms with Crippen LogP contribution in [-0.2, 0) is 4.74 Å². The molecule has 0 amide bonds. The Balaban J connectivity index is 1.97. The monoisotopic (exact) mass is 334 g/mol. The molecule has 0 fully saturated rings. The van der Waals surface area contributed by atoms with E-state index in [1.165, 1.54) is 5.56 Å². The molecule has 0 unspecified atom stereocenters. The summed E-state index contributed by atoms with van der Waals surface area (Å²) in [6, 6.07) is 14.0. The third kappa shape index (κ3) is 4.19. The van der Waals surface area contributed by atoms with Crippen LogP contribution >= 0.6 is 0 Å². The van der Waals surface area contributed by atoms with Crippen LogP contribution in [0.1, 0.15) is 12.5 Å². The SMILES string of the molecule is CCOCCN(c1nccc(-c2cccnc2)n1)c1ccccc1C. The highest BCUT2D eigenvalue weighted by molar-refractivity contribution is 5.64. The average molecular weight is 334 g/mol. The number of rotatable bonds is 7. The number of aromatic nitrogens is 3. The van der Waals surface area contributed by atoms with Crippen molar-refractivity contribution in [2.24, 2.45) is 0 Å². The zero-order valence-corrected chi connectivity index (χ0v) is 14.6. The predicted molar refractivity (Wildman–Crippen MR) is 99.9 cm³/mol. The van der Waals surface area contributed by atoms with Crippen LogP contribution in [0.3, 0.4) is 0 Å². The normalized spacial score (nSPS) is 10.6. The highest BCUT2D eigenvalue weighted by Crippen LogP contribution is 2.27. The van der Waals surface area contributed by atoms with Gasteiger partial charge < -0.3 is 9.64 Å². The van der Waals surface area contributed by atoms with Gasteiger partial charge in [0.15, 0.2) is 0 Å². The maximum Gasteiger partial charge on any atom is 0.230 e. The van der Waals surface area contributed by atoms with Gasteiger partial charge in [0.25, 0.3) is 0 Å².